The molecule has 0 aromatic rings. The first-order chi connectivity index (χ1) is 8.04. The zero-order chi connectivity index (χ0) is 12.6. The van der Waals surface area contributed by atoms with Crippen LogP contribution in [0.5, 0.6) is 0 Å². The monoisotopic (exact) mass is 273 g/mol. The van der Waals surface area contributed by atoms with Crippen LogP contribution in [0.25, 0.3) is 0 Å². The van der Waals surface area contributed by atoms with Crippen LogP contribution >= 0.6 is 12.4 Å². The van der Waals surface area contributed by atoms with Gasteiger partial charge < -0.3 is 10.1 Å². The average molecular weight is 274 g/mol. The molecule has 0 aromatic heterocycles. The smallest absolute Gasteiger partial charge is 0.310 e. The summed E-state index contributed by atoms with van der Waals surface area (Å²) in [5, 5.41) is 3.51. The molecule has 0 saturated carbocycles. The molecule has 0 radical (unpaired) electrons. The van der Waals surface area contributed by atoms with Gasteiger partial charge in [0, 0.05) is 12.1 Å². The Morgan fingerprint density at radius 1 is 1.56 bits per heavy atom. The topological polar surface area (TPSA) is 38.3 Å². The summed E-state index contributed by atoms with van der Waals surface area (Å²) >= 11 is 0. The van der Waals surface area contributed by atoms with Crippen LogP contribution in [0.15, 0.2) is 11.6 Å². The molecule has 0 amide bonds. The van der Waals surface area contributed by atoms with Gasteiger partial charge in [-0.15, -0.1) is 12.4 Å². The molecule has 3 nitrogen and oxygen atoms in total. The van der Waals surface area contributed by atoms with Crippen molar-refractivity contribution in [2.75, 3.05) is 6.61 Å². The van der Waals surface area contributed by atoms with Crippen LogP contribution in [0, 0.1) is 17.8 Å². The van der Waals surface area contributed by atoms with Gasteiger partial charge in [-0.1, -0.05) is 25.5 Å². The Balaban J connectivity index is 0.00000162. The predicted octanol–water partition coefficient (Wildman–Crippen LogP) is 2.55. The lowest BCUT2D eigenvalue weighted by atomic mass is 9.68. The van der Waals surface area contributed by atoms with Crippen LogP contribution in [0.1, 0.15) is 34.1 Å². The molecule has 4 atom stereocenters. The molecular weight excluding hydrogens is 250 g/mol. The van der Waals surface area contributed by atoms with E-state index in [1.54, 1.807) is 0 Å². The van der Waals surface area contributed by atoms with E-state index in [-0.39, 0.29) is 30.3 Å². The number of ether oxygens (including phenoxy) is 1. The van der Waals surface area contributed by atoms with Crippen molar-refractivity contribution in [1.82, 2.24) is 5.32 Å². The Morgan fingerprint density at radius 2 is 2.22 bits per heavy atom. The summed E-state index contributed by atoms with van der Waals surface area (Å²) in [7, 11) is 0. The molecule has 4 heteroatoms. The summed E-state index contributed by atoms with van der Waals surface area (Å²) in [6, 6.07) is 0.652. The summed E-state index contributed by atoms with van der Waals surface area (Å²) in [4.78, 5) is 11.9. The van der Waals surface area contributed by atoms with E-state index in [9.17, 15) is 4.79 Å². The van der Waals surface area contributed by atoms with Crippen LogP contribution < -0.4 is 5.32 Å². The van der Waals surface area contributed by atoms with Crippen molar-refractivity contribution in [3.05, 3.63) is 11.6 Å². The minimum atomic E-state index is -0.0408. The molecule has 2 bridgehead atoms. The average Bonchev–Trinajstić information content (AvgIpc) is 2.28. The van der Waals surface area contributed by atoms with E-state index in [0.29, 0.717) is 24.5 Å². The Bertz CT molecular complexity index is 341. The summed E-state index contributed by atoms with van der Waals surface area (Å²) < 4.78 is 5.16. The third-order valence-electron chi connectivity index (χ3n) is 4.06. The summed E-state index contributed by atoms with van der Waals surface area (Å²) in [6.45, 7) is 9.03. The Labute approximate surface area is 116 Å². The number of hydrogen-bond donors (Lipinski definition) is 1. The van der Waals surface area contributed by atoms with Crippen molar-refractivity contribution < 1.29 is 9.53 Å². The fraction of sp³-hybridized carbons (Fsp3) is 0.786. The lowest BCUT2D eigenvalue weighted by molar-refractivity contribution is -0.150. The molecule has 1 fully saturated rings. The first-order valence-electron chi connectivity index (χ1n) is 6.68. The van der Waals surface area contributed by atoms with Gasteiger partial charge in [0.05, 0.1) is 12.5 Å². The van der Waals surface area contributed by atoms with Crippen LogP contribution in [-0.2, 0) is 9.53 Å². The van der Waals surface area contributed by atoms with E-state index in [0.717, 1.165) is 6.42 Å². The molecule has 4 unspecified atom stereocenters. The van der Waals surface area contributed by atoms with E-state index >= 15 is 0 Å². The van der Waals surface area contributed by atoms with Gasteiger partial charge in [-0.25, -0.2) is 0 Å². The highest BCUT2D eigenvalue weighted by Gasteiger charge is 2.44. The normalized spacial score (nSPS) is 33.9. The van der Waals surface area contributed by atoms with E-state index in [1.165, 1.54) is 5.57 Å². The third-order valence-corrected chi connectivity index (χ3v) is 4.06. The second-order valence-electron chi connectivity index (χ2n) is 5.50. The van der Waals surface area contributed by atoms with Crippen molar-refractivity contribution in [1.29, 1.82) is 0 Å². The Kier molecular flexibility index (Phi) is 5.23. The molecular formula is C14H24ClNO2. The standard InChI is InChI=1S/C14H23NO2.ClH/c1-5-17-14(16)12-6-11-9(4)15-13(12)7-10(11)8(2)3;/h7-9,11-13,15H,5-6H2,1-4H3;1H. The Morgan fingerprint density at radius 3 is 2.72 bits per heavy atom. The maximum Gasteiger partial charge on any atom is 0.310 e. The highest BCUT2D eigenvalue weighted by atomic mass is 35.5. The van der Waals surface area contributed by atoms with Gasteiger partial charge in [-0.3, -0.25) is 4.79 Å². The van der Waals surface area contributed by atoms with Crippen LogP contribution in [-0.4, -0.2) is 24.7 Å². The predicted molar refractivity (Wildman–Crippen MR) is 74.8 cm³/mol. The van der Waals surface area contributed by atoms with Gasteiger partial charge in [0.15, 0.2) is 0 Å². The number of hydrogen-bond acceptors (Lipinski definition) is 3. The number of carbonyl (C=O) groups excluding carboxylic acids is 1. The summed E-state index contributed by atoms with van der Waals surface area (Å²) in [5.41, 5.74) is 1.52. The lowest BCUT2D eigenvalue weighted by Crippen LogP contribution is -2.57. The maximum absolute atomic E-state index is 11.9. The summed E-state index contributed by atoms with van der Waals surface area (Å²) in [5.74, 6) is 1.05. The number of halogens is 1. The first kappa shape index (κ1) is 15.5. The van der Waals surface area contributed by atoms with E-state index in [1.807, 2.05) is 6.92 Å². The molecule has 3 rings (SSSR count). The molecule has 18 heavy (non-hydrogen) atoms. The quantitative estimate of drug-likeness (QED) is 0.634. The number of piperidine rings is 1. The van der Waals surface area contributed by atoms with Gasteiger partial charge in [0.2, 0.25) is 0 Å². The SMILES string of the molecule is CCOC(=O)C1CC2C(C(C)C)=CC1NC2C.Cl. The van der Waals surface area contributed by atoms with Gasteiger partial charge in [-0.05, 0) is 32.1 Å². The molecule has 1 N–H and O–H groups in total. The minimum absolute atomic E-state index is 0. The highest BCUT2D eigenvalue weighted by molar-refractivity contribution is 5.85. The van der Waals surface area contributed by atoms with Gasteiger partial charge >= 0.3 is 5.97 Å². The molecule has 0 spiro atoms. The molecule has 3 aliphatic rings. The number of nitrogens with one attached hydrogen (secondary N) is 1. The van der Waals surface area contributed by atoms with E-state index < -0.39 is 0 Å². The highest BCUT2D eigenvalue weighted by Crippen LogP contribution is 2.40. The molecule has 0 aromatic carbocycles. The van der Waals surface area contributed by atoms with Crippen molar-refractivity contribution in [2.45, 2.75) is 46.2 Å². The van der Waals surface area contributed by atoms with Crippen molar-refractivity contribution in [2.24, 2.45) is 17.8 Å². The largest absolute Gasteiger partial charge is 0.466 e. The van der Waals surface area contributed by atoms with Crippen LogP contribution in [0.3, 0.4) is 0 Å². The second kappa shape index (κ2) is 6.07. The zero-order valence-corrected chi connectivity index (χ0v) is 12.4. The zero-order valence-electron chi connectivity index (χ0n) is 11.6. The van der Waals surface area contributed by atoms with Gasteiger partial charge in [0.25, 0.3) is 0 Å². The van der Waals surface area contributed by atoms with Gasteiger partial charge in [0.1, 0.15) is 0 Å². The molecule has 2 aliphatic heterocycles. The second-order valence-corrected chi connectivity index (χ2v) is 5.50. The van der Waals surface area contributed by atoms with E-state index in [2.05, 4.69) is 32.2 Å². The van der Waals surface area contributed by atoms with Crippen LogP contribution in [0.2, 0.25) is 0 Å². The molecule has 104 valence electrons. The lowest BCUT2D eigenvalue weighted by Gasteiger charge is -2.46. The van der Waals surface area contributed by atoms with E-state index in [4.69, 9.17) is 4.74 Å². The van der Waals surface area contributed by atoms with Crippen LogP contribution in [0.4, 0.5) is 0 Å². The van der Waals surface area contributed by atoms with Crippen molar-refractivity contribution in [3.63, 3.8) is 0 Å². The molecule has 2 heterocycles. The first-order valence-corrected chi connectivity index (χ1v) is 6.68. The number of esters is 1. The Hall–Kier alpha value is -0.540. The maximum atomic E-state index is 11.9. The van der Waals surface area contributed by atoms with Crippen molar-refractivity contribution >= 4 is 18.4 Å². The fourth-order valence-corrected chi connectivity index (χ4v) is 3.19. The number of rotatable bonds is 3. The fourth-order valence-electron chi connectivity index (χ4n) is 3.19. The minimum Gasteiger partial charge on any atom is -0.466 e. The third kappa shape index (κ3) is 2.72. The number of carbonyl (C=O) groups is 1. The summed E-state index contributed by atoms with van der Waals surface area (Å²) in [6.07, 6.45) is 3.21. The molecule has 1 saturated heterocycles. The van der Waals surface area contributed by atoms with Crippen molar-refractivity contribution in [3.8, 4) is 0 Å². The molecule has 1 aliphatic carbocycles. The number of fused-ring (bicyclic) bond motifs is 2. The van der Waals surface area contributed by atoms with Gasteiger partial charge in [-0.2, -0.15) is 0 Å².